The zero-order chi connectivity index (χ0) is 19.5. The first-order valence-corrected chi connectivity index (χ1v) is 8.50. The molecule has 0 unspecified atom stereocenters. The van der Waals surface area contributed by atoms with Crippen LogP contribution in [0.3, 0.4) is 0 Å². The van der Waals surface area contributed by atoms with E-state index in [4.69, 9.17) is 9.15 Å². The van der Waals surface area contributed by atoms with E-state index in [1.807, 2.05) is 19.1 Å². The number of H-pyrrole nitrogens is 1. The third kappa shape index (κ3) is 3.75. The number of carbonyl (C=O) groups excluding carboxylic acids is 1. The number of ether oxygens (including phenoxy) is 1. The van der Waals surface area contributed by atoms with Crippen LogP contribution in [-0.4, -0.2) is 31.1 Å². The van der Waals surface area contributed by atoms with Gasteiger partial charge in [0.25, 0.3) is 0 Å². The van der Waals surface area contributed by atoms with Crippen LogP contribution in [0.15, 0.2) is 51.7 Å². The molecule has 0 radical (unpaired) electrons. The molecule has 10 nitrogen and oxygen atoms in total. The van der Waals surface area contributed by atoms with Gasteiger partial charge >= 0.3 is 11.8 Å². The molecule has 0 spiro atoms. The molecular formula is C18H16N6O4. The van der Waals surface area contributed by atoms with Crippen molar-refractivity contribution in [3.63, 3.8) is 0 Å². The van der Waals surface area contributed by atoms with Crippen molar-refractivity contribution in [1.29, 1.82) is 0 Å². The third-order valence-corrected chi connectivity index (χ3v) is 4.06. The van der Waals surface area contributed by atoms with Crippen molar-refractivity contribution in [2.75, 3.05) is 5.32 Å². The van der Waals surface area contributed by atoms with E-state index >= 15 is 0 Å². The normalized spacial score (nSPS) is 10.9. The highest BCUT2D eigenvalue weighted by molar-refractivity contribution is 5.90. The second kappa shape index (κ2) is 7.35. The number of hydrogen-bond donors (Lipinski definition) is 2. The summed E-state index contributed by atoms with van der Waals surface area (Å²) in [6, 6.07) is 12.3. The molecule has 0 aliphatic carbocycles. The van der Waals surface area contributed by atoms with Gasteiger partial charge in [-0.05, 0) is 54.1 Å². The number of hydrogen-bond acceptors (Lipinski definition) is 7. The maximum Gasteiger partial charge on any atom is 0.419 e. The van der Waals surface area contributed by atoms with Gasteiger partial charge in [-0.2, -0.15) is 5.21 Å². The lowest BCUT2D eigenvalue weighted by Gasteiger charge is -2.07. The van der Waals surface area contributed by atoms with Crippen LogP contribution in [0.1, 0.15) is 12.0 Å². The molecule has 10 heteroatoms. The summed E-state index contributed by atoms with van der Waals surface area (Å²) in [4.78, 5) is 24.3. The number of aromatic nitrogens is 5. The molecule has 0 bridgehead atoms. The first kappa shape index (κ1) is 17.5. The Labute approximate surface area is 158 Å². The second-order valence-electron chi connectivity index (χ2n) is 6.11. The van der Waals surface area contributed by atoms with Crippen LogP contribution in [0.25, 0.3) is 11.1 Å². The number of anilines is 1. The van der Waals surface area contributed by atoms with Gasteiger partial charge in [0.2, 0.25) is 5.91 Å². The van der Waals surface area contributed by atoms with Crippen LogP contribution in [0.2, 0.25) is 0 Å². The number of carbonyl (C=O) groups is 1. The Morgan fingerprint density at radius 3 is 2.82 bits per heavy atom. The van der Waals surface area contributed by atoms with Gasteiger partial charge in [-0.1, -0.05) is 16.3 Å². The number of oxazole rings is 1. The van der Waals surface area contributed by atoms with Crippen LogP contribution in [0.4, 0.5) is 5.69 Å². The number of nitrogens with zero attached hydrogens (tertiary/aromatic N) is 4. The summed E-state index contributed by atoms with van der Waals surface area (Å²) < 4.78 is 12.0. The van der Waals surface area contributed by atoms with Crippen molar-refractivity contribution >= 4 is 22.7 Å². The van der Waals surface area contributed by atoms with Crippen LogP contribution >= 0.6 is 0 Å². The van der Waals surface area contributed by atoms with Gasteiger partial charge in [-0.25, -0.2) is 4.79 Å². The number of rotatable bonds is 6. The quantitative estimate of drug-likeness (QED) is 0.525. The van der Waals surface area contributed by atoms with E-state index in [9.17, 15) is 9.59 Å². The molecule has 2 heterocycles. The standard InChI is InChI=1S/C18H16N6O4/c1-11-2-7-15-14(10-11)24(18(26)28-15)9-8-16(25)19-12-3-5-13(6-4-12)27-17-20-22-23-21-17/h2-7,10H,8-9H2,1H3,(H,19,25)(H,20,21,22,23). The Morgan fingerprint density at radius 2 is 2.07 bits per heavy atom. The van der Waals surface area contributed by atoms with Crippen molar-refractivity contribution in [2.45, 2.75) is 19.9 Å². The molecule has 4 aromatic rings. The molecule has 142 valence electrons. The maximum absolute atomic E-state index is 12.2. The van der Waals surface area contributed by atoms with Gasteiger partial charge in [0.15, 0.2) is 5.58 Å². The highest BCUT2D eigenvalue weighted by Gasteiger charge is 2.11. The summed E-state index contributed by atoms with van der Waals surface area (Å²) in [5, 5.41) is 15.8. The zero-order valence-electron chi connectivity index (χ0n) is 14.9. The van der Waals surface area contributed by atoms with Gasteiger partial charge in [-0.15, -0.1) is 0 Å². The number of aryl methyl sites for hydroxylation is 2. The number of aromatic amines is 1. The predicted molar refractivity (Wildman–Crippen MR) is 99.2 cm³/mol. The first-order valence-electron chi connectivity index (χ1n) is 8.50. The van der Waals surface area contributed by atoms with Gasteiger partial charge in [0.1, 0.15) is 5.75 Å². The maximum atomic E-state index is 12.2. The van der Waals surface area contributed by atoms with Crippen molar-refractivity contribution in [3.8, 4) is 11.8 Å². The number of tetrazole rings is 1. The van der Waals surface area contributed by atoms with Gasteiger partial charge in [0, 0.05) is 18.7 Å². The lowest BCUT2D eigenvalue weighted by molar-refractivity contribution is -0.116. The monoisotopic (exact) mass is 380 g/mol. The molecule has 0 fully saturated rings. The van der Waals surface area contributed by atoms with Crippen molar-refractivity contribution in [1.82, 2.24) is 25.2 Å². The third-order valence-electron chi connectivity index (χ3n) is 4.06. The molecule has 28 heavy (non-hydrogen) atoms. The summed E-state index contributed by atoms with van der Waals surface area (Å²) in [5.74, 6) is -0.191. The van der Waals surface area contributed by atoms with Crippen LogP contribution in [0.5, 0.6) is 11.8 Å². The molecule has 4 rings (SSSR count). The summed E-state index contributed by atoms with van der Waals surface area (Å²) in [6.45, 7) is 2.15. The number of benzene rings is 2. The Hall–Kier alpha value is -3.95. The summed E-state index contributed by atoms with van der Waals surface area (Å²) >= 11 is 0. The van der Waals surface area contributed by atoms with Gasteiger partial charge in [0.05, 0.1) is 5.52 Å². The van der Waals surface area contributed by atoms with Gasteiger partial charge in [-0.3, -0.25) is 9.36 Å². The minimum Gasteiger partial charge on any atom is -0.422 e. The van der Waals surface area contributed by atoms with E-state index in [1.165, 1.54) is 4.57 Å². The van der Waals surface area contributed by atoms with Crippen LogP contribution < -0.4 is 15.8 Å². The lowest BCUT2D eigenvalue weighted by Crippen LogP contribution is -2.19. The molecule has 2 N–H and O–H groups in total. The average Bonchev–Trinajstić information content (AvgIpc) is 3.29. The molecule has 2 aromatic carbocycles. The molecule has 0 saturated carbocycles. The number of nitrogens with one attached hydrogen (secondary N) is 2. The molecule has 0 aliphatic heterocycles. The molecule has 0 aliphatic rings. The molecule has 1 amide bonds. The van der Waals surface area contributed by atoms with E-state index in [1.54, 1.807) is 30.3 Å². The second-order valence-corrected chi connectivity index (χ2v) is 6.11. The summed E-state index contributed by atoms with van der Waals surface area (Å²) in [5.41, 5.74) is 2.80. The van der Waals surface area contributed by atoms with E-state index in [0.29, 0.717) is 22.5 Å². The Balaban J connectivity index is 1.38. The predicted octanol–water partition coefficient (Wildman–Crippen LogP) is 2.24. The summed E-state index contributed by atoms with van der Waals surface area (Å²) in [7, 11) is 0. The van der Waals surface area contributed by atoms with E-state index in [0.717, 1.165) is 5.56 Å². The SMILES string of the molecule is Cc1ccc2oc(=O)n(CCC(=O)Nc3ccc(Oc4nn[nH]n4)cc3)c2c1. The highest BCUT2D eigenvalue weighted by atomic mass is 16.5. The Kier molecular flexibility index (Phi) is 4.58. The molecule has 0 atom stereocenters. The van der Waals surface area contributed by atoms with Crippen LogP contribution in [-0.2, 0) is 11.3 Å². The van der Waals surface area contributed by atoms with E-state index in [-0.39, 0.29) is 24.9 Å². The van der Waals surface area contributed by atoms with Crippen LogP contribution in [0, 0.1) is 6.92 Å². The largest absolute Gasteiger partial charge is 0.422 e. The molecule has 2 aromatic heterocycles. The number of fused-ring (bicyclic) bond motifs is 1. The summed E-state index contributed by atoms with van der Waals surface area (Å²) in [6.07, 6.45) is 0.129. The average molecular weight is 380 g/mol. The molecular weight excluding hydrogens is 364 g/mol. The highest BCUT2D eigenvalue weighted by Crippen LogP contribution is 2.20. The lowest BCUT2D eigenvalue weighted by atomic mass is 10.2. The van der Waals surface area contributed by atoms with E-state index < -0.39 is 5.76 Å². The first-order chi connectivity index (χ1) is 13.6. The minimum absolute atomic E-state index is 0.102. The van der Waals surface area contributed by atoms with Crippen molar-refractivity contribution in [2.24, 2.45) is 0 Å². The molecule has 0 saturated heterocycles. The van der Waals surface area contributed by atoms with Crippen molar-refractivity contribution < 1.29 is 13.9 Å². The Bertz CT molecular complexity index is 1160. The number of amides is 1. The minimum atomic E-state index is -0.476. The smallest absolute Gasteiger partial charge is 0.419 e. The van der Waals surface area contributed by atoms with Gasteiger partial charge < -0.3 is 14.5 Å². The van der Waals surface area contributed by atoms with E-state index in [2.05, 4.69) is 25.9 Å². The zero-order valence-corrected chi connectivity index (χ0v) is 14.9. The van der Waals surface area contributed by atoms with Crippen molar-refractivity contribution in [3.05, 3.63) is 58.6 Å². The Morgan fingerprint density at radius 1 is 1.25 bits per heavy atom. The fourth-order valence-corrected chi connectivity index (χ4v) is 2.73. The topological polar surface area (TPSA) is 128 Å². The fraction of sp³-hybridized carbons (Fsp3) is 0.167. The fourth-order valence-electron chi connectivity index (χ4n) is 2.73.